The van der Waals surface area contributed by atoms with Gasteiger partial charge in [0.2, 0.25) is 0 Å². The highest BCUT2D eigenvalue weighted by Crippen LogP contribution is 2.27. The number of hydrogen-bond donors (Lipinski definition) is 1. The van der Waals surface area contributed by atoms with Crippen LogP contribution in [-0.4, -0.2) is 19.3 Å². The summed E-state index contributed by atoms with van der Waals surface area (Å²) in [6, 6.07) is 4.98. The molecule has 4 heteroatoms. The molecule has 2 unspecified atom stereocenters. The van der Waals surface area contributed by atoms with E-state index in [1.807, 2.05) is 0 Å². The average molecular weight is 300 g/mol. The predicted octanol–water partition coefficient (Wildman–Crippen LogP) is 4.48. The molecule has 0 amide bonds. The number of halogens is 2. The van der Waals surface area contributed by atoms with Gasteiger partial charge in [-0.15, -0.1) is 0 Å². The zero-order chi connectivity index (χ0) is 14.4. The minimum atomic E-state index is -0.224. The Kier molecular flexibility index (Phi) is 6.27. The van der Waals surface area contributed by atoms with E-state index < -0.39 is 0 Å². The lowest BCUT2D eigenvalue weighted by Crippen LogP contribution is -2.24. The topological polar surface area (TPSA) is 21.3 Å². The molecule has 1 saturated heterocycles. The van der Waals surface area contributed by atoms with E-state index in [9.17, 15) is 4.39 Å². The molecule has 0 aromatic heterocycles. The molecule has 1 heterocycles. The molecule has 2 atom stereocenters. The van der Waals surface area contributed by atoms with E-state index in [1.165, 1.54) is 6.07 Å². The van der Waals surface area contributed by atoms with E-state index in [-0.39, 0.29) is 11.9 Å². The summed E-state index contributed by atoms with van der Waals surface area (Å²) < 4.78 is 19.7. The quantitative estimate of drug-likeness (QED) is 0.801. The zero-order valence-electron chi connectivity index (χ0n) is 12.0. The van der Waals surface area contributed by atoms with Crippen LogP contribution in [0.4, 0.5) is 4.39 Å². The van der Waals surface area contributed by atoms with Crippen LogP contribution in [0.5, 0.6) is 0 Å². The molecular weight excluding hydrogens is 277 g/mol. The first-order valence-corrected chi connectivity index (χ1v) is 7.88. The van der Waals surface area contributed by atoms with E-state index in [4.69, 9.17) is 16.3 Å². The highest BCUT2D eigenvalue weighted by Gasteiger charge is 2.20. The molecule has 0 spiro atoms. The van der Waals surface area contributed by atoms with Crippen molar-refractivity contribution in [3.8, 4) is 0 Å². The Hall–Kier alpha value is -0.640. The van der Waals surface area contributed by atoms with Crippen LogP contribution < -0.4 is 5.32 Å². The van der Waals surface area contributed by atoms with Crippen LogP contribution >= 0.6 is 11.6 Å². The van der Waals surface area contributed by atoms with E-state index in [2.05, 4.69) is 12.2 Å². The molecule has 0 aliphatic carbocycles. The maximum Gasteiger partial charge on any atom is 0.129 e. The van der Waals surface area contributed by atoms with Gasteiger partial charge in [-0.05, 0) is 50.8 Å². The molecule has 1 aliphatic rings. The van der Waals surface area contributed by atoms with Crippen molar-refractivity contribution < 1.29 is 9.13 Å². The first-order chi connectivity index (χ1) is 9.70. The third-order valence-electron chi connectivity index (χ3n) is 3.78. The molecule has 1 N–H and O–H groups in total. The molecule has 20 heavy (non-hydrogen) atoms. The first-order valence-electron chi connectivity index (χ1n) is 7.50. The number of nitrogens with one attached hydrogen (secondary N) is 1. The first kappa shape index (κ1) is 15.7. The molecule has 0 radical (unpaired) electrons. The SMILES string of the molecule is CCCNC(CCC1CCCO1)c1ccc(Cl)cc1F. The second-order valence-corrected chi connectivity index (χ2v) is 5.82. The lowest BCUT2D eigenvalue weighted by molar-refractivity contribution is 0.0994. The Morgan fingerprint density at radius 1 is 1.50 bits per heavy atom. The zero-order valence-corrected chi connectivity index (χ0v) is 12.8. The van der Waals surface area contributed by atoms with E-state index >= 15 is 0 Å². The van der Waals surface area contributed by atoms with Gasteiger partial charge in [0.1, 0.15) is 5.82 Å². The van der Waals surface area contributed by atoms with Crippen molar-refractivity contribution in [3.63, 3.8) is 0 Å². The maximum atomic E-state index is 14.1. The van der Waals surface area contributed by atoms with Gasteiger partial charge in [-0.25, -0.2) is 4.39 Å². The average Bonchev–Trinajstić information content (AvgIpc) is 2.93. The summed E-state index contributed by atoms with van der Waals surface area (Å²) in [7, 11) is 0. The summed E-state index contributed by atoms with van der Waals surface area (Å²) in [6.07, 6.45) is 5.52. The van der Waals surface area contributed by atoms with Crippen LogP contribution in [0.25, 0.3) is 0 Å². The summed E-state index contributed by atoms with van der Waals surface area (Å²) in [5, 5.41) is 3.88. The fraction of sp³-hybridized carbons (Fsp3) is 0.625. The van der Waals surface area contributed by atoms with Crippen LogP contribution in [0.2, 0.25) is 5.02 Å². The molecule has 0 bridgehead atoms. The number of benzene rings is 1. The third-order valence-corrected chi connectivity index (χ3v) is 4.02. The normalized spacial score (nSPS) is 20.2. The van der Waals surface area contributed by atoms with Crippen molar-refractivity contribution in [2.45, 2.75) is 51.2 Å². The second kappa shape index (κ2) is 7.96. The third kappa shape index (κ3) is 4.44. The van der Waals surface area contributed by atoms with Crippen molar-refractivity contribution in [2.24, 2.45) is 0 Å². The van der Waals surface area contributed by atoms with Crippen LogP contribution in [0.3, 0.4) is 0 Å². The second-order valence-electron chi connectivity index (χ2n) is 5.38. The van der Waals surface area contributed by atoms with Crippen LogP contribution in [0.1, 0.15) is 50.6 Å². The van der Waals surface area contributed by atoms with Crippen LogP contribution in [0.15, 0.2) is 18.2 Å². The van der Waals surface area contributed by atoms with Gasteiger partial charge in [0, 0.05) is 23.2 Å². The molecule has 1 fully saturated rings. The monoisotopic (exact) mass is 299 g/mol. The molecule has 0 saturated carbocycles. The Balaban J connectivity index is 2.01. The molecule has 1 aromatic carbocycles. The van der Waals surface area contributed by atoms with Gasteiger partial charge in [0.15, 0.2) is 0 Å². The van der Waals surface area contributed by atoms with Crippen LogP contribution in [-0.2, 0) is 4.74 Å². The Morgan fingerprint density at radius 2 is 2.35 bits per heavy atom. The minimum absolute atomic E-state index is 0.0383. The van der Waals surface area contributed by atoms with Gasteiger partial charge in [0.25, 0.3) is 0 Å². The molecule has 112 valence electrons. The van der Waals surface area contributed by atoms with Crippen molar-refractivity contribution in [3.05, 3.63) is 34.6 Å². The standard InChI is InChI=1S/C16H23ClFNO/c1-2-9-19-16(8-6-13-4-3-10-20-13)14-7-5-12(17)11-15(14)18/h5,7,11,13,16,19H,2-4,6,8-10H2,1H3. The Bertz CT molecular complexity index is 421. The Labute approximate surface area is 125 Å². The van der Waals surface area contributed by atoms with E-state index in [1.54, 1.807) is 12.1 Å². The van der Waals surface area contributed by atoms with Crippen molar-refractivity contribution >= 4 is 11.6 Å². The van der Waals surface area contributed by atoms with Gasteiger partial charge in [-0.1, -0.05) is 24.6 Å². The molecule has 2 rings (SSSR count). The number of hydrogen-bond acceptors (Lipinski definition) is 2. The van der Waals surface area contributed by atoms with E-state index in [0.717, 1.165) is 45.3 Å². The predicted molar refractivity (Wildman–Crippen MR) is 80.7 cm³/mol. The lowest BCUT2D eigenvalue weighted by atomic mass is 9.98. The molecule has 1 aromatic rings. The number of rotatable bonds is 7. The maximum absolute atomic E-state index is 14.1. The van der Waals surface area contributed by atoms with Gasteiger partial charge < -0.3 is 10.1 Å². The smallest absolute Gasteiger partial charge is 0.129 e. The summed E-state index contributed by atoms with van der Waals surface area (Å²) in [6.45, 7) is 3.87. The van der Waals surface area contributed by atoms with Gasteiger partial charge in [-0.3, -0.25) is 0 Å². The highest BCUT2D eigenvalue weighted by molar-refractivity contribution is 6.30. The van der Waals surface area contributed by atoms with Crippen molar-refractivity contribution in [1.82, 2.24) is 5.32 Å². The molecular formula is C16H23ClFNO. The van der Waals surface area contributed by atoms with Crippen molar-refractivity contribution in [2.75, 3.05) is 13.2 Å². The van der Waals surface area contributed by atoms with Crippen molar-refractivity contribution in [1.29, 1.82) is 0 Å². The van der Waals surface area contributed by atoms with E-state index in [0.29, 0.717) is 16.7 Å². The molecule has 2 nitrogen and oxygen atoms in total. The highest BCUT2D eigenvalue weighted by atomic mass is 35.5. The lowest BCUT2D eigenvalue weighted by Gasteiger charge is -2.21. The summed E-state index contributed by atoms with van der Waals surface area (Å²) >= 11 is 5.83. The molecule has 1 aliphatic heterocycles. The summed E-state index contributed by atoms with van der Waals surface area (Å²) in [5.41, 5.74) is 0.709. The fourth-order valence-corrected chi connectivity index (χ4v) is 2.85. The number of ether oxygens (including phenoxy) is 1. The van der Waals surface area contributed by atoms with Gasteiger partial charge in [-0.2, -0.15) is 0 Å². The fourth-order valence-electron chi connectivity index (χ4n) is 2.69. The summed E-state index contributed by atoms with van der Waals surface area (Å²) in [4.78, 5) is 0. The summed E-state index contributed by atoms with van der Waals surface area (Å²) in [5.74, 6) is -0.224. The van der Waals surface area contributed by atoms with Gasteiger partial charge >= 0.3 is 0 Å². The Morgan fingerprint density at radius 3 is 3.00 bits per heavy atom. The largest absolute Gasteiger partial charge is 0.378 e. The minimum Gasteiger partial charge on any atom is -0.378 e. The van der Waals surface area contributed by atoms with Crippen LogP contribution in [0, 0.1) is 5.82 Å². The van der Waals surface area contributed by atoms with Gasteiger partial charge in [0.05, 0.1) is 6.10 Å².